The van der Waals surface area contributed by atoms with Crippen LogP contribution in [0.2, 0.25) is 0 Å². The average Bonchev–Trinajstić information content (AvgIpc) is 3.01. The monoisotopic (exact) mass is 263 g/mol. The van der Waals surface area contributed by atoms with E-state index in [1.807, 2.05) is 47.0 Å². The Morgan fingerprint density at radius 2 is 1.85 bits per heavy atom. The smallest absolute Gasteiger partial charge is 0.250 e. The SMILES string of the molecule is NC(=O)c1cccc(-c2ccccc2)c1-n1ccnc1. The van der Waals surface area contributed by atoms with Gasteiger partial charge in [0, 0.05) is 18.0 Å². The fourth-order valence-electron chi connectivity index (χ4n) is 2.26. The van der Waals surface area contributed by atoms with Gasteiger partial charge in [-0.25, -0.2) is 4.98 Å². The molecule has 0 saturated carbocycles. The molecule has 20 heavy (non-hydrogen) atoms. The van der Waals surface area contributed by atoms with Gasteiger partial charge in [0.1, 0.15) is 0 Å². The molecule has 0 saturated heterocycles. The predicted octanol–water partition coefficient (Wildman–Crippen LogP) is 2.64. The van der Waals surface area contributed by atoms with E-state index in [0.29, 0.717) is 5.56 Å². The average molecular weight is 263 g/mol. The van der Waals surface area contributed by atoms with E-state index in [1.54, 1.807) is 24.8 Å². The van der Waals surface area contributed by atoms with Crippen molar-refractivity contribution in [1.29, 1.82) is 0 Å². The van der Waals surface area contributed by atoms with Crippen LogP contribution in [-0.2, 0) is 0 Å². The van der Waals surface area contributed by atoms with E-state index in [1.165, 1.54) is 0 Å². The molecular formula is C16H13N3O. The Hall–Kier alpha value is -2.88. The summed E-state index contributed by atoms with van der Waals surface area (Å²) in [5, 5.41) is 0. The van der Waals surface area contributed by atoms with Crippen LogP contribution in [0.5, 0.6) is 0 Å². The number of primary amides is 1. The number of carbonyl (C=O) groups is 1. The number of hydrogen-bond donors (Lipinski definition) is 1. The van der Waals surface area contributed by atoms with Crippen molar-refractivity contribution in [1.82, 2.24) is 9.55 Å². The van der Waals surface area contributed by atoms with Gasteiger partial charge in [-0.2, -0.15) is 0 Å². The fraction of sp³-hybridized carbons (Fsp3) is 0. The van der Waals surface area contributed by atoms with Gasteiger partial charge < -0.3 is 10.3 Å². The van der Waals surface area contributed by atoms with Crippen molar-refractivity contribution in [3.8, 4) is 16.8 Å². The zero-order valence-electron chi connectivity index (χ0n) is 10.7. The van der Waals surface area contributed by atoms with E-state index in [-0.39, 0.29) is 0 Å². The molecule has 1 aromatic heterocycles. The maximum atomic E-state index is 11.7. The molecule has 0 spiro atoms. The highest BCUT2D eigenvalue weighted by Gasteiger charge is 2.15. The molecule has 0 aliphatic carbocycles. The van der Waals surface area contributed by atoms with Gasteiger partial charge in [0.25, 0.3) is 5.91 Å². The van der Waals surface area contributed by atoms with E-state index >= 15 is 0 Å². The molecule has 1 amide bonds. The summed E-state index contributed by atoms with van der Waals surface area (Å²) in [5.74, 6) is -0.452. The van der Waals surface area contributed by atoms with Crippen molar-refractivity contribution >= 4 is 5.91 Å². The molecule has 3 aromatic rings. The highest BCUT2D eigenvalue weighted by Crippen LogP contribution is 2.29. The quantitative estimate of drug-likeness (QED) is 0.789. The summed E-state index contributed by atoms with van der Waals surface area (Å²) in [6, 6.07) is 15.4. The Bertz CT molecular complexity index is 734. The third-order valence-electron chi connectivity index (χ3n) is 3.15. The number of benzene rings is 2. The molecule has 2 N–H and O–H groups in total. The van der Waals surface area contributed by atoms with Crippen molar-refractivity contribution in [2.75, 3.05) is 0 Å². The number of amides is 1. The number of imidazole rings is 1. The first-order valence-electron chi connectivity index (χ1n) is 6.24. The number of aromatic nitrogens is 2. The largest absolute Gasteiger partial charge is 0.366 e. The molecule has 0 fully saturated rings. The summed E-state index contributed by atoms with van der Waals surface area (Å²) in [6.07, 6.45) is 5.13. The van der Waals surface area contributed by atoms with Gasteiger partial charge in [-0.3, -0.25) is 4.79 Å². The van der Waals surface area contributed by atoms with E-state index in [0.717, 1.165) is 16.8 Å². The second kappa shape index (κ2) is 5.01. The van der Waals surface area contributed by atoms with Crippen LogP contribution in [0.4, 0.5) is 0 Å². The normalized spacial score (nSPS) is 10.4. The number of nitrogens with zero attached hydrogens (tertiary/aromatic N) is 2. The predicted molar refractivity (Wildman–Crippen MR) is 77.5 cm³/mol. The van der Waals surface area contributed by atoms with E-state index in [2.05, 4.69) is 4.98 Å². The van der Waals surface area contributed by atoms with Gasteiger partial charge in [-0.15, -0.1) is 0 Å². The van der Waals surface area contributed by atoms with Gasteiger partial charge in [0.15, 0.2) is 0 Å². The molecule has 0 aliphatic heterocycles. The topological polar surface area (TPSA) is 60.9 Å². The molecule has 2 aromatic carbocycles. The molecular weight excluding hydrogens is 250 g/mol. The molecule has 4 nitrogen and oxygen atoms in total. The van der Waals surface area contributed by atoms with E-state index < -0.39 is 5.91 Å². The minimum atomic E-state index is -0.452. The zero-order chi connectivity index (χ0) is 13.9. The molecule has 98 valence electrons. The molecule has 1 heterocycles. The van der Waals surface area contributed by atoms with Crippen LogP contribution >= 0.6 is 0 Å². The van der Waals surface area contributed by atoms with Crippen molar-refractivity contribution in [3.63, 3.8) is 0 Å². The van der Waals surface area contributed by atoms with Crippen LogP contribution in [0.15, 0.2) is 67.3 Å². The van der Waals surface area contributed by atoms with E-state index in [9.17, 15) is 4.79 Å². The molecule has 0 atom stereocenters. The first-order valence-corrected chi connectivity index (χ1v) is 6.24. The van der Waals surface area contributed by atoms with Gasteiger partial charge in [-0.1, -0.05) is 42.5 Å². The first kappa shape index (κ1) is 12.2. The molecule has 3 rings (SSSR count). The lowest BCUT2D eigenvalue weighted by atomic mass is 9.99. The highest BCUT2D eigenvalue weighted by molar-refractivity contribution is 5.99. The summed E-state index contributed by atoms with van der Waals surface area (Å²) < 4.78 is 1.81. The minimum Gasteiger partial charge on any atom is -0.366 e. The fourth-order valence-corrected chi connectivity index (χ4v) is 2.26. The van der Waals surface area contributed by atoms with Gasteiger partial charge in [-0.05, 0) is 11.6 Å². The Balaban J connectivity index is 2.30. The lowest BCUT2D eigenvalue weighted by Gasteiger charge is -2.14. The standard InChI is InChI=1S/C16H13N3O/c17-16(20)14-8-4-7-13(12-5-2-1-3-6-12)15(14)19-10-9-18-11-19/h1-11H,(H2,17,20). The molecule has 0 radical (unpaired) electrons. The maximum absolute atomic E-state index is 11.7. The number of para-hydroxylation sites is 1. The van der Waals surface area contributed by atoms with Gasteiger partial charge >= 0.3 is 0 Å². The number of rotatable bonds is 3. The summed E-state index contributed by atoms with van der Waals surface area (Å²) >= 11 is 0. The first-order chi connectivity index (χ1) is 9.77. The zero-order valence-corrected chi connectivity index (χ0v) is 10.7. The Morgan fingerprint density at radius 1 is 1.05 bits per heavy atom. The lowest BCUT2D eigenvalue weighted by Crippen LogP contribution is -2.15. The second-order valence-corrected chi connectivity index (χ2v) is 4.40. The molecule has 0 aliphatic rings. The molecule has 0 unspecified atom stereocenters. The maximum Gasteiger partial charge on any atom is 0.250 e. The summed E-state index contributed by atoms with van der Waals surface area (Å²) in [5.41, 5.74) is 8.70. The molecule has 0 bridgehead atoms. The van der Waals surface area contributed by atoms with E-state index in [4.69, 9.17) is 5.73 Å². The van der Waals surface area contributed by atoms with Crippen LogP contribution in [0, 0.1) is 0 Å². The molecule has 4 heteroatoms. The number of nitrogens with two attached hydrogens (primary N) is 1. The summed E-state index contributed by atoms with van der Waals surface area (Å²) in [7, 11) is 0. The van der Waals surface area contributed by atoms with Crippen LogP contribution < -0.4 is 5.73 Å². The summed E-state index contributed by atoms with van der Waals surface area (Å²) in [4.78, 5) is 15.7. The van der Waals surface area contributed by atoms with Gasteiger partial charge in [0.05, 0.1) is 17.6 Å². The Kier molecular flexibility index (Phi) is 3.05. The highest BCUT2D eigenvalue weighted by atomic mass is 16.1. The van der Waals surface area contributed by atoms with Crippen LogP contribution in [0.3, 0.4) is 0 Å². The minimum absolute atomic E-state index is 0.452. The van der Waals surface area contributed by atoms with Crippen molar-refractivity contribution in [2.45, 2.75) is 0 Å². The third-order valence-corrected chi connectivity index (χ3v) is 3.15. The van der Waals surface area contributed by atoms with Crippen LogP contribution in [-0.4, -0.2) is 15.5 Å². The Morgan fingerprint density at radius 3 is 2.50 bits per heavy atom. The van der Waals surface area contributed by atoms with Crippen molar-refractivity contribution < 1.29 is 4.79 Å². The number of hydrogen-bond acceptors (Lipinski definition) is 2. The van der Waals surface area contributed by atoms with Crippen LogP contribution in [0.25, 0.3) is 16.8 Å². The van der Waals surface area contributed by atoms with Crippen molar-refractivity contribution in [2.24, 2.45) is 5.73 Å². The number of carbonyl (C=O) groups excluding carboxylic acids is 1. The van der Waals surface area contributed by atoms with Gasteiger partial charge in [0.2, 0.25) is 0 Å². The van der Waals surface area contributed by atoms with Crippen molar-refractivity contribution in [3.05, 3.63) is 72.8 Å². The third kappa shape index (κ3) is 2.07. The lowest BCUT2D eigenvalue weighted by molar-refractivity contribution is 0.100. The van der Waals surface area contributed by atoms with Crippen LogP contribution in [0.1, 0.15) is 10.4 Å². The second-order valence-electron chi connectivity index (χ2n) is 4.40. The Labute approximate surface area is 116 Å². The summed E-state index contributed by atoms with van der Waals surface area (Å²) in [6.45, 7) is 0.